The summed E-state index contributed by atoms with van der Waals surface area (Å²) in [6, 6.07) is 8.04. The van der Waals surface area contributed by atoms with Crippen LogP contribution in [-0.2, 0) is 4.74 Å². The highest BCUT2D eigenvalue weighted by Crippen LogP contribution is 2.40. The SMILES string of the molecule is C=Cc1ccc(C(=O)OCC)c(-n2c(C)cc(C3CCC3)c2C)c1. The number of carbonyl (C=O) groups is 1. The lowest BCUT2D eigenvalue weighted by Crippen LogP contribution is -2.13. The van der Waals surface area contributed by atoms with Gasteiger partial charge in [-0.05, 0) is 68.9 Å². The second kappa shape index (κ2) is 6.68. The summed E-state index contributed by atoms with van der Waals surface area (Å²) in [5.74, 6) is 0.388. The Hall–Kier alpha value is -2.29. The van der Waals surface area contributed by atoms with E-state index in [0.717, 1.165) is 16.9 Å². The van der Waals surface area contributed by atoms with Gasteiger partial charge in [0.25, 0.3) is 0 Å². The molecule has 1 aromatic heterocycles. The number of benzene rings is 1. The number of nitrogens with zero attached hydrogens (tertiary/aromatic N) is 1. The first-order valence-electron chi connectivity index (χ1n) is 8.69. The fourth-order valence-corrected chi connectivity index (χ4v) is 3.53. The van der Waals surface area contributed by atoms with E-state index in [0.29, 0.717) is 18.1 Å². The topological polar surface area (TPSA) is 31.2 Å². The molecule has 0 bridgehead atoms. The zero-order valence-corrected chi connectivity index (χ0v) is 14.8. The number of aryl methyl sites for hydroxylation is 1. The Labute approximate surface area is 144 Å². The summed E-state index contributed by atoms with van der Waals surface area (Å²) in [4.78, 5) is 12.4. The summed E-state index contributed by atoms with van der Waals surface area (Å²) in [7, 11) is 0. The Kier molecular flexibility index (Phi) is 4.61. The minimum atomic E-state index is -0.277. The van der Waals surface area contributed by atoms with Gasteiger partial charge in [0.05, 0.1) is 17.9 Å². The molecule has 0 aliphatic heterocycles. The minimum Gasteiger partial charge on any atom is -0.462 e. The summed E-state index contributed by atoms with van der Waals surface area (Å²) in [6.45, 7) is 10.3. The third-order valence-corrected chi connectivity index (χ3v) is 5.01. The van der Waals surface area contributed by atoms with Crippen LogP contribution in [0.5, 0.6) is 0 Å². The van der Waals surface area contributed by atoms with Crippen LogP contribution in [0, 0.1) is 13.8 Å². The van der Waals surface area contributed by atoms with E-state index in [-0.39, 0.29) is 5.97 Å². The summed E-state index contributed by atoms with van der Waals surface area (Å²) in [6.07, 6.45) is 5.65. The highest BCUT2D eigenvalue weighted by molar-refractivity contribution is 5.94. The number of aromatic nitrogens is 1. The van der Waals surface area contributed by atoms with Gasteiger partial charge >= 0.3 is 5.97 Å². The molecule has 3 nitrogen and oxygen atoms in total. The molecule has 0 radical (unpaired) electrons. The number of carbonyl (C=O) groups excluding carboxylic acids is 1. The van der Waals surface area contributed by atoms with Gasteiger partial charge in [0.15, 0.2) is 0 Å². The van der Waals surface area contributed by atoms with Crippen molar-refractivity contribution in [3.8, 4) is 5.69 Å². The molecule has 1 fully saturated rings. The summed E-state index contributed by atoms with van der Waals surface area (Å²) in [5.41, 5.74) is 6.27. The quantitative estimate of drug-likeness (QED) is 0.710. The molecule has 1 heterocycles. The summed E-state index contributed by atoms with van der Waals surface area (Å²) >= 11 is 0. The molecule has 0 N–H and O–H groups in total. The van der Waals surface area contributed by atoms with Crippen molar-refractivity contribution in [3.05, 3.63) is 58.9 Å². The maximum atomic E-state index is 12.4. The smallest absolute Gasteiger partial charge is 0.340 e. The maximum absolute atomic E-state index is 12.4. The number of hydrogen-bond donors (Lipinski definition) is 0. The Morgan fingerprint density at radius 2 is 2.08 bits per heavy atom. The van der Waals surface area contributed by atoms with E-state index in [2.05, 4.69) is 31.1 Å². The number of rotatable bonds is 5. The fraction of sp³-hybridized carbons (Fsp3) is 0.381. The van der Waals surface area contributed by atoms with Crippen molar-refractivity contribution in [1.29, 1.82) is 0 Å². The van der Waals surface area contributed by atoms with Gasteiger partial charge in [-0.1, -0.05) is 25.1 Å². The fourth-order valence-electron chi connectivity index (χ4n) is 3.53. The van der Waals surface area contributed by atoms with Crippen LogP contribution in [0.4, 0.5) is 0 Å². The van der Waals surface area contributed by atoms with Crippen LogP contribution in [-0.4, -0.2) is 17.1 Å². The highest BCUT2D eigenvalue weighted by atomic mass is 16.5. The molecule has 24 heavy (non-hydrogen) atoms. The lowest BCUT2D eigenvalue weighted by molar-refractivity contribution is 0.0526. The molecule has 0 atom stereocenters. The second-order valence-electron chi connectivity index (χ2n) is 6.49. The van der Waals surface area contributed by atoms with Gasteiger partial charge in [-0.2, -0.15) is 0 Å². The van der Waals surface area contributed by atoms with E-state index in [1.54, 1.807) is 6.08 Å². The number of esters is 1. The van der Waals surface area contributed by atoms with Crippen molar-refractivity contribution >= 4 is 12.0 Å². The highest BCUT2D eigenvalue weighted by Gasteiger charge is 2.25. The van der Waals surface area contributed by atoms with Crippen molar-refractivity contribution in [2.24, 2.45) is 0 Å². The number of ether oxygens (including phenoxy) is 1. The molecule has 1 aromatic carbocycles. The molecule has 1 saturated carbocycles. The zero-order valence-electron chi connectivity index (χ0n) is 14.8. The average molecular weight is 323 g/mol. The van der Waals surface area contributed by atoms with Crippen LogP contribution in [0.15, 0.2) is 30.8 Å². The molecule has 2 aromatic rings. The first kappa shape index (κ1) is 16.6. The van der Waals surface area contributed by atoms with Gasteiger partial charge in [-0.25, -0.2) is 4.79 Å². The molecular weight excluding hydrogens is 298 g/mol. The first-order valence-corrected chi connectivity index (χ1v) is 8.69. The Balaban J connectivity index is 2.15. The summed E-state index contributed by atoms with van der Waals surface area (Å²) < 4.78 is 7.44. The van der Waals surface area contributed by atoms with Gasteiger partial charge in [-0.15, -0.1) is 0 Å². The molecule has 3 rings (SSSR count). The van der Waals surface area contributed by atoms with Crippen LogP contribution in [0.2, 0.25) is 0 Å². The van der Waals surface area contributed by atoms with Gasteiger partial charge < -0.3 is 9.30 Å². The first-order chi connectivity index (χ1) is 11.6. The third-order valence-electron chi connectivity index (χ3n) is 5.01. The minimum absolute atomic E-state index is 0.277. The van der Waals surface area contributed by atoms with Gasteiger partial charge in [0.2, 0.25) is 0 Å². The van der Waals surface area contributed by atoms with Crippen molar-refractivity contribution in [1.82, 2.24) is 4.57 Å². The van der Waals surface area contributed by atoms with E-state index >= 15 is 0 Å². The molecular formula is C21H25NO2. The molecule has 1 aliphatic rings. The molecule has 1 aliphatic carbocycles. The second-order valence-corrected chi connectivity index (χ2v) is 6.49. The molecule has 0 saturated heterocycles. The van der Waals surface area contributed by atoms with Crippen molar-refractivity contribution in [2.45, 2.75) is 46.0 Å². The lowest BCUT2D eigenvalue weighted by atomic mass is 9.80. The van der Waals surface area contributed by atoms with Crippen LogP contribution in [0.3, 0.4) is 0 Å². The summed E-state index contributed by atoms with van der Waals surface area (Å²) in [5, 5.41) is 0. The maximum Gasteiger partial charge on any atom is 0.340 e. The Morgan fingerprint density at radius 3 is 2.67 bits per heavy atom. The largest absolute Gasteiger partial charge is 0.462 e. The molecule has 0 spiro atoms. The van der Waals surface area contributed by atoms with Crippen LogP contribution in [0.1, 0.15) is 65.0 Å². The molecule has 0 amide bonds. The Bertz CT molecular complexity index is 781. The number of hydrogen-bond acceptors (Lipinski definition) is 2. The molecule has 3 heteroatoms. The van der Waals surface area contributed by atoms with Crippen molar-refractivity contribution < 1.29 is 9.53 Å². The van der Waals surface area contributed by atoms with Gasteiger partial charge in [-0.3, -0.25) is 0 Å². The predicted molar refractivity (Wildman–Crippen MR) is 97.9 cm³/mol. The van der Waals surface area contributed by atoms with Crippen LogP contribution in [0.25, 0.3) is 11.8 Å². The third kappa shape index (κ3) is 2.79. The predicted octanol–water partition coefficient (Wildman–Crippen LogP) is 5.18. The monoisotopic (exact) mass is 323 g/mol. The standard InChI is InChI=1S/C21H25NO2/c1-5-16-10-11-18(21(23)24-6-2)20(13-16)22-14(3)12-19(15(22)4)17-8-7-9-17/h5,10-13,17H,1,6-9H2,2-4H3. The van der Waals surface area contributed by atoms with E-state index in [9.17, 15) is 4.79 Å². The van der Waals surface area contributed by atoms with E-state index < -0.39 is 0 Å². The molecule has 0 unspecified atom stereocenters. The van der Waals surface area contributed by atoms with E-state index in [1.165, 1.54) is 30.5 Å². The van der Waals surface area contributed by atoms with Crippen molar-refractivity contribution in [3.63, 3.8) is 0 Å². The van der Waals surface area contributed by atoms with Crippen molar-refractivity contribution in [2.75, 3.05) is 6.61 Å². The lowest BCUT2D eigenvalue weighted by Gasteiger charge is -2.26. The van der Waals surface area contributed by atoms with E-state index in [4.69, 9.17) is 4.74 Å². The van der Waals surface area contributed by atoms with Crippen LogP contribution >= 0.6 is 0 Å². The molecule has 126 valence electrons. The normalized spacial score (nSPS) is 14.3. The zero-order chi connectivity index (χ0) is 17.3. The Morgan fingerprint density at radius 1 is 1.33 bits per heavy atom. The average Bonchev–Trinajstić information content (AvgIpc) is 2.80. The van der Waals surface area contributed by atoms with Gasteiger partial charge in [0, 0.05) is 11.4 Å². The van der Waals surface area contributed by atoms with E-state index in [1.807, 2.05) is 25.1 Å². The van der Waals surface area contributed by atoms with Crippen LogP contribution < -0.4 is 0 Å². The van der Waals surface area contributed by atoms with Gasteiger partial charge in [0.1, 0.15) is 0 Å².